The van der Waals surface area contributed by atoms with Gasteiger partial charge in [-0.1, -0.05) is 18.2 Å². The Balaban J connectivity index is 2.25. The largest absolute Gasteiger partial charge is 0.378 e. The van der Waals surface area contributed by atoms with E-state index in [0.29, 0.717) is 0 Å². The molecule has 0 atom stereocenters. The Morgan fingerprint density at radius 1 is 0.882 bits per heavy atom. The van der Waals surface area contributed by atoms with E-state index >= 15 is 0 Å². The minimum atomic E-state index is -0.0804. The van der Waals surface area contributed by atoms with Crippen LogP contribution in [0.5, 0.6) is 0 Å². The van der Waals surface area contributed by atoms with E-state index in [1.807, 2.05) is 28.2 Å². The fourth-order valence-electron chi connectivity index (χ4n) is 4.16. The quantitative estimate of drug-likeness (QED) is 0.581. The van der Waals surface area contributed by atoms with E-state index in [2.05, 4.69) is 100 Å². The Morgan fingerprint density at radius 3 is 1.97 bits per heavy atom. The van der Waals surface area contributed by atoms with Gasteiger partial charge >= 0.3 is 0 Å². The van der Waals surface area contributed by atoms with Gasteiger partial charge in [0.2, 0.25) is 5.91 Å². The van der Waals surface area contributed by atoms with Crippen molar-refractivity contribution < 1.29 is 9.37 Å². The highest BCUT2D eigenvalue weighted by Gasteiger charge is 2.18. The van der Waals surface area contributed by atoms with Crippen molar-refractivity contribution in [2.24, 2.45) is 0 Å². The number of allylic oxidation sites excluding steroid dienone is 5. The van der Waals surface area contributed by atoms with Crippen LogP contribution in [-0.2, 0) is 4.79 Å². The predicted molar refractivity (Wildman–Crippen MR) is 146 cm³/mol. The summed E-state index contributed by atoms with van der Waals surface area (Å²) in [6.07, 6.45) is 8.57. The van der Waals surface area contributed by atoms with Crippen molar-refractivity contribution in [3.05, 3.63) is 83.5 Å². The van der Waals surface area contributed by atoms with Crippen LogP contribution in [0.15, 0.2) is 72.3 Å². The van der Waals surface area contributed by atoms with E-state index < -0.39 is 0 Å². The molecule has 1 aliphatic carbocycles. The van der Waals surface area contributed by atoms with Gasteiger partial charge in [-0.25, -0.2) is 4.58 Å². The Labute approximate surface area is 204 Å². The number of amides is 1. The molecule has 0 heterocycles. The molecule has 34 heavy (non-hydrogen) atoms. The molecule has 5 nitrogen and oxygen atoms in total. The first-order chi connectivity index (χ1) is 16.2. The maximum atomic E-state index is 12.2. The number of nitrogens with one attached hydrogen (secondary N) is 1. The first-order valence-corrected chi connectivity index (χ1v) is 11.8. The van der Waals surface area contributed by atoms with Crippen molar-refractivity contribution in [1.29, 1.82) is 0 Å². The molecule has 0 saturated heterocycles. The zero-order valence-electron chi connectivity index (χ0n) is 21.5. The summed E-state index contributed by atoms with van der Waals surface area (Å²) in [6.45, 7) is 7.66. The van der Waals surface area contributed by atoms with Crippen LogP contribution in [0.3, 0.4) is 0 Å². The maximum absolute atomic E-state index is 12.2. The molecule has 178 valence electrons. The first kappa shape index (κ1) is 25.0. The molecule has 2 aromatic carbocycles. The lowest BCUT2D eigenvalue weighted by Gasteiger charge is -2.24. The van der Waals surface area contributed by atoms with Crippen LogP contribution in [0.2, 0.25) is 0 Å². The van der Waals surface area contributed by atoms with Crippen LogP contribution in [-0.4, -0.2) is 57.5 Å². The fourth-order valence-corrected chi connectivity index (χ4v) is 4.16. The molecule has 0 fully saturated rings. The van der Waals surface area contributed by atoms with Gasteiger partial charge in [0, 0.05) is 63.2 Å². The van der Waals surface area contributed by atoms with E-state index in [-0.39, 0.29) is 5.91 Å². The zero-order valence-corrected chi connectivity index (χ0v) is 21.5. The van der Waals surface area contributed by atoms with Crippen LogP contribution in [0.4, 0.5) is 17.1 Å². The SMILES string of the molecule is CCN(CC)c1ccc(C(=C2C=CC(=[N+](C)C)C=C2)c2ccc(N(C)C)cc2)c(NC(C)=O)c1. The van der Waals surface area contributed by atoms with Gasteiger partial charge in [-0.3, -0.25) is 4.79 Å². The Hall–Kier alpha value is -3.60. The normalized spacial score (nSPS) is 12.6. The Morgan fingerprint density at radius 2 is 1.47 bits per heavy atom. The molecule has 0 spiro atoms. The molecule has 2 aromatic rings. The summed E-state index contributed by atoms with van der Waals surface area (Å²) in [6, 6.07) is 14.9. The van der Waals surface area contributed by atoms with Crippen molar-refractivity contribution in [3.63, 3.8) is 0 Å². The van der Waals surface area contributed by atoms with Gasteiger partial charge in [0.1, 0.15) is 14.1 Å². The van der Waals surface area contributed by atoms with E-state index in [1.165, 1.54) is 0 Å². The minimum absolute atomic E-state index is 0.0804. The minimum Gasteiger partial charge on any atom is -0.378 e. The van der Waals surface area contributed by atoms with Crippen LogP contribution in [0.25, 0.3) is 5.57 Å². The summed E-state index contributed by atoms with van der Waals surface area (Å²) in [4.78, 5) is 16.6. The summed E-state index contributed by atoms with van der Waals surface area (Å²) in [5.74, 6) is -0.0804. The van der Waals surface area contributed by atoms with Crippen molar-refractivity contribution in [1.82, 2.24) is 0 Å². The first-order valence-electron chi connectivity index (χ1n) is 11.8. The van der Waals surface area contributed by atoms with Gasteiger partial charge < -0.3 is 15.1 Å². The van der Waals surface area contributed by atoms with Crippen LogP contribution in [0, 0.1) is 0 Å². The average Bonchev–Trinajstić information content (AvgIpc) is 2.81. The van der Waals surface area contributed by atoms with Crippen molar-refractivity contribution in [3.8, 4) is 0 Å². The maximum Gasteiger partial charge on any atom is 0.221 e. The van der Waals surface area contributed by atoms with E-state index in [4.69, 9.17) is 0 Å². The second-order valence-corrected chi connectivity index (χ2v) is 8.84. The molecule has 0 saturated carbocycles. The van der Waals surface area contributed by atoms with Crippen molar-refractivity contribution in [2.45, 2.75) is 20.8 Å². The number of hydrogen-bond acceptors (Lipinski definition) is 3. The molecule has 3 rings (SSSR count). The van der Waals surface area contributed by atoms with Crippen LogP contribution in [0.1, 0.15) is 31.9 Å². The molecule has 5 heteroatoms. The third kappa shape index (κ3) is 5.66. The summed E-state index contributed by atoms with van der Waals surface area (Å²) in [7, 11) is 8.17. The molecular formula is C29H37N4O+. The lowest BCUT2D eigenvalue weighted by atomic mass is 9.89. The zero-order chi connectivity index (χ0) is 24.8. The lowest BCUT2D eigenvalue weighted by Crippen LogP contribution is -2.22. The predicted octanol–water partition coefficient (Wildman–Crippen LogP) is 5.20. The molecule has 0 bridgehead atoms. The number of anilines is 3. The van der Waals surface area contributed by atoms with Crippen molar-refractivity contribution in [2.75, 3.05) is 56.4 Å². The summed E-state index contributed by atoms with van der Waals surface area (Å²) >= 11 is 0. The Kier molecular flexibility index (Phi) is 8.11. The van der Waals surface area contributed by atoms with E-state index in [1.54, 1.807) is 6.92 Å². The van der Waals surface area contributed by atoms with E-state index in [9.17, 15) is 4.79 Å². The van der Waals surface area contributed by atoms with Gasteiger partial charge in [-0.05, 0) is 67.0 Å². The van der Waals surface area contributed by atoms with Gasteiger partial charge in [0.25, 0.3) is 0 Å². The highest BCUT2D eigenvalue weighted by atomic mass is 16.1. The molecular weight excluding hydrogens is 420 g/mol. The van der Waals surface area contributed by atoms with Gasteiger partial charge in [0.15, 0.2) is 5.71 Å². The third-order valence-electron chi connectivity index (χ3n) is 6.06. The fraction of sp³-hybridized carbons (Fsp3) is 0.310. The number of rotatable bonds is 7. The highest BCUT2D eigenvalue weighted by Crippen LogP contribution is 2.37. The number of nitrogens with zero attached hydrogens (tertiary/aromatic N) is 3. The molecule has 0 unspecified atom stereocenters. The third-order valence-corrected chi connectivity index (χ3v) is 6.06. The molecule has 1 amide bonds. The number of carbonyl (C=O) groups is 1. The summed E-state index contributed by atoms with van der Waals surface area (Å²) in [5, 5.41) is 3.09. The topological polar surface area (TPSA) is 38.6 Å². The number of benzene rings is 2. The number of carbonyl (C=O) groups excluding carboxylic acids is 1. The lowest BCUT2D eigenvalue weighted by molar-refractivity contribution is -0.462. The van der Waals surface area contributed by atoms with E-state index in [0.717, 1.165) is 58.1 Å². The monoisotopic (exact) mass is 457 g/mol. The van der Waals surface area contributed by atoms with Crippen LogP contribution < -0.4 is 15.1 Å². The average molecular weight is 458 g/mol. The van der Waals surface area contributed by atoms with Gasteiger partial charge in [0.05, 0.1) is 5.69 Å². The molecule has 0 radical (unpaired) electrons. The van der Waals surface area contributed by atoms with Gasteiger partial charge in [-0.2, -0.15) is 0 Å². The summed E-state index contributed by atoms with van der Waals surface area (Å²) in [5.41, 5.74) is 8.50. The van der Waals surface area contributed by atoms with Crippen molar-refractivity contribution >= 4 is 34.3 Å². The van der Waals surface area contributed by atoms with Crippen LogP contribution >= 0.6 is 0 Å². The molecule has 0 aromatic heterocycles. The molecule has 1 N–H and O–H groups in total. The number of hydrogen-bond donors (Lipinski definition) is 1. The standard InChI is InChI=1S/C29H36N4O/c1-8-33(9-2)26-18-19-27(28(20-26)30-21(3)34)29(22-10-14-24(15-11-22)31(4)5)23-12-16-25(17-13-23)32(6)7/h10-20H,8-9H2,1-7H3/p+1. The van der Waals surface area contributed by atoms with Gasteiger partial charge in [-0.15, -0.1) is 0 Å². The smallest absolute Gasteiger partial charge is 0.221 e. The summed E-state index contributed by atoms with van der Waals surface area (Å²) < 4.78 is 2.09. The highest BCUT2D eigenvalue weighted by molar-refractivity contribution is 6.05. The molecule has 0 aliphatic heterocycles. The second kappa shape index (κ2) is 11.0. The Bertz CT molecular complexity index is 1140. The molecule has 1 aliphatic rings. The second-order valence-electron chi connectivity index (χ2n) is 8.84.